The Kier molecular flexibility index (Phi) is 4.25. The van der Waals surface area contributed by atoms with Gasteiger partial charge in [0.15, 0.2) is 17.3 Å². The summed E-state index contributed by atoms with van der Waals surface area (Å²) in [6.07, 6.45) is 5.08. The third-order valence-electron chi connectivity index (χ3n) is 4.59. The minimum atomic E-state index is -0.983. The van der Waals surface area contributed by atoms with Gasteiger partial charge >= 0.3 is 5.97 Å². The number of aliphatic imine (C=N–C) groups is 1. The number of carboxylic acids is 1. The number of furan rings is 2. The molecule has 146 valence electrons. The van der Waals surface area contributed by atoms with E-state index in [0.717, 1.165) is 5.65 Å². The van der Waals surface area contributed by atoms with Crippen LogP contribution in [0.2, 0.25) is 0 Å². The average molecular weight is 397 g/mol. The van der Waals surface area contributed by atoms with Crippen molar-refractivity contribution in [1.82, 2.24) is 9.38 Å². The van der Waals surface area contributed by atoms with E-state index in [2.05, 4.69) is 9.98 Å². The lowest BCUT2D eigenvalue weighted by atomic mass is 10.1. The lowest BCUT2D eigenvalue weighted by molar-refractivity contribution is 0.0697. The van der Waals surface area contributed by atoms with E-state index in [1.54, 1.807) is 48.9 Å². The molecule has 0 amide bonds. The average Bonchev–Trinajstić information content (AvgIpc) is 3.51. The standard InChI is InChI=1S/C23H15N3O4/c27-23(28)16-6-3-5-15(13-16)18-10-9-17(30-18)14-24-22-21(19-7-4-12-29-19)25-20-8-1-2-11-26(20)22/h1-14H,(H,27,28)/b24-14+. The number of benzene rings is 1. The summed E-state index contributed by atoms with van der Waals surface area (Å²) in [6, 6.07) is 19.5. The van der Waals surface area contributed by atoms with Crippen LogP contribution in [0.5, 0.6) is 0 Å². The van der Waals surface area contributed by atoms with Gasteiger partial charge in [-0.3, -0.25) is 4.40 Å². The SMILES string of the molecule is O=C(O)c1cccc(-c2ccc(/C=N/c3c(-c4ccco4)nc4ccccn34)o2)c1. The molecule has 0 atom stereocenters. The summed E-state index contributed by atoms with van der Waals surface area (Å²) in [5.41, 5.74) is 2.26. The van der Waals surface area contributed by atoms with Gasteiger partial charge in [-0.1, -0.05) is 18.2 Å². The van der Waals surface area contributed by atoms with Crippen molar-refractivity contribution in [3.05, 3.63) is 90.5 Å². The second kappa shape index (κ2) is 7.21. The second-order valence-corrected chi connectivity index (χ2v) is 6.54. The molecule has 1 N–H and O–H groups in total. The van der Waals surface area contributed by atoms with Gasteiger partial charge in [-0.2, -0.15) is 0 Å². The molecule has 4 aromatic heterocycles. The summed E-state index contributed by atoms with van der Waals surface area (Å²) in [6.45, 7) is 0. The predicted molar refractivity (Wildman–Crippen MR) is 111 cm³/mol. The quantitative estimate of drug-likeness (QED) is 0.406. The largest absolute Gasteiger partial charge is 0.478 e. The van der Waals surface area contributed by atoms with Crippen molar-refractivity contribution in [2.75, 3.05) is 0 Å². The minimum Gasteiger partial charge on any atom is -0.478 e. The molecular weight excluding hydrogens is 382 g/mol. The number of hydrogen-bond donors (Lipinski definition) is 1. The molecule has 0 saturated heterocycles. The van der Waals surface area contributed by atoms with Crippen LogP contribution in [0.1, 0.15) is 16.1 Å². The zero-order valence-electron chi connectivity index (χ0n) is 15.6. The molecule has 0 saturated carbocycles. The van der Waals surface area contributed by atoms with Crippen molar-refractivity contribution in [3.63, 3.8) is 0 Å². The van der Waals surface area contributed by atoms with E-state index in [1.165, 1.54) is 6.07 Å². The molecule has 4 heterocycles. The molecule has 7 nitrogen and oxygen atoms in total. The fourth-order valence-electron chi connectivity index (χ4n) is 3.19. The Morgan fingerprint density at radius 1 is 1.03 bits per heavy atom. The monoisotopic (exact) mass is 397 g/mol. The van der Waals surface area contributed by atoms with Crippen molar-refractivity contribution >= 4 is 23.6 Å². The fraction of sp³-hybridized carbons (Fsp3) is 0. The molecule has 0 radical (unpaired) electrons. The van der Waals surface area contributed by atoms with Gasteiger partial charge in [0.25, 0.3) is 0 Å². The van der Waals surface area contributed by atoms with Crippen LogP contribution in [0, 0.1) is 0 Å². The minimum absolute atomic E-state index is 0.202. The maximum absolute atomic E-state index is 11.2. The van der Waals surface area contributed by atoms with Crippen LogP contribution in [0.3, 0.4) is 0 Å². The first kappa shape index (κ1) is 17.7. The van der Waals surface area contributed by atoms with E-state index in [9.17, 15) is 9.90 Å². The maximum Gasteiger partial charge on any atom is 0.335 e. The van der Waals surface area contributed by atoms with Crippen molar-refractivity contribution in [2.24, 2.45) is 4.99 Å². The number of hydrogen-bond acceptors (Lipinski definition) is 5. The van der Waals surface area contributed by atoms with Gasteiger partial charge in [0.1, 0.15) is 17.2 Å². The molecule has 0 aliphatic heterocycles. The summed E-state index contributed by atoms with van der Waals surface area (Å²) in [7, 11) is 0. The van der Waals surface area contributed by atoms with Gasteiger partial charge in [0.2, 0.25) is 0 Å². The first-order chi connectivity index (χ1) is 14.7. The van der Waals surface area contributed by atoms with Gasteiger partial charge in [-0.25, -0.2) is 14.8 Å². The normalized spacial score (nSPS) is 11.5. The van der Waals surface area contributed by atoms with Crippen molar-refractivity contribution in [1.29, 1.82) is 0 Å². The molecule has 0 unspecified atom stereocenters. The summed E-state index contributed by atoms with van der Waals surface area (Å²) in [5.74, 6) is 1.34. The highest BCUT2D eigenvalue weighted by molar-refractivity contribution is 5.89. The van der Waals surface area contributed by atoms with Gasteiger partial charge in [0, 0.05) is 11.8 Å². The maximum atomic E-state index is 11.2. The Balaban J connectivity index is 1.51. The molecular formula is C23H15N3O4. The number of nitrogens with zero attached hydrogens (tertiary/aromatic N) is 3. The Bertz CT molecular complexity index is 1380. The summed E-state index contributed by atoms with van der Waals surface area (Å²) >= 11 is 0. The van der Waals surface area contributed by atoms with Crippen LogP contribution in [0.15, 0.2) is 93.0 Å². The Labute approximate surface area is 170 Å². The molecule has 0 aliphatic rings. The molecule has 0 spiro atoms. The van der Waals surface area contributed by atoms with Gasteiger partial charge in [-0.15, -0.1) is 0 Å². The first-order valence-electron chi connectivity index (χ1n) is 9.17. The summed E-state index contributed by atoms with van der Waals surface area (Å²) in [5, 5.41) is 9.17. The van der Waals surface area contributed by atoms with Gasteiger partial charge in [-0.05, 0) is 48.5 Å². The summed E-state index contributed by atoms with van der Waals surface area (Å²) in [4.78, 5) is 20.4. The highest BCUT2D eigenvalue weighted by atomic mass is 16.4. The van der Waals surface area contributed by atoms with Gasteiger partial charge < -0.3 is 13.9 Å². The van der Waals surface area contributed by atoms with E-state index >= 15 is 0 Å². The zero-order chi connectivity index (χ0) is 20.5. The van der Waals surface area contributed by atoms with Crippen LogP contribution < -0.4 is 0 Å². The zero-order valence-corrected chi connectivity index (χ0v) is 15.6. The number of fused-ring (bicyclic) bond motifs is 1. The molecule has 5 aromatic rings. The Hall–Kier alpha value is -4.39. The van der Waals surface area contributed by atoms with E-state index in [4.69, 9.17) is 8.83 Å². The van der Waals surface area contributed by atoms with E-state index in [-0.39, 0.29) is 5.56 Å². The lowest BCUT2D eigenvalue weighted by Crippen LogP contribution is -1.95. The second-order valence-electron chi connectivity index (χ2n) is 6.54. The molecule has 0 bridgehead atoms. The molecule has 1 aromatic carbocycles. The van der Waals surface area contributed by atoms with Crippen molar-refractivity contribution < 1.29 is 18.7 Å². The van der Waals surface area contributed by atoms with E-state index < -0.39 is 5.97 Å². The smallest absolute Gasteiger partial charge is 0.335 e. The van der Waals surface area contributed by atoms with E-state index in [1.807, 2.05) is 34.9 Å². The Morgan fingerprint density at radius 3 is 2.80 bits per heavy atom. The molecule has 7 heteroatoms. The molecule has 0 aliphatic carbocycles. The molecule has 0 fully saturated rings. The highest BCUT2D eigenvalue weighted by Gasteiger charge is 2.15. The fourth-order valence-corrected chi connectivity index (χ4v) is 3.19. The van der Waals surface area contributed by atoms with Crippen molar-refractivity contribution in [3.8, 4) is 22.8 Å². The lowest BCUT2D eigenvalue weighted by Gasteiger charge is -1.99. The third-order valence-corrected chi connectivity index (χ3v) is 4.59. The van der Waals surface area contributed by atoms with Crippen LogP contribution >= 0.6 is 0 Å². The number of aromatic nitrogens is 2. The number of rotatable bonds is 5. The Morgan fingerprint density at radius 2 is 1.97 bits per heavy atom. The first-order valence-corrected chi connectivity index (χ1v) is 9.17. The molecule has 5 rings (SSSR count). The van der Waals surface area contributed by atoms with Crippen molar-refractivity contribution in [2.45, 2.75) is 0 Å². The van der Waals surface area contributed by atoms with Crippen LogP contribution in [-0.2, 0) is 0 Å². The van der Waals surface area contributed by atoms with E-state index in [0.29, 0.717) is 34.4 Å². The van der Waals surface area contributed by atoms with Crippen LogP contribution in [0.25, 0.3) is 28.4 Å². The number of aromatic carboxylic acids is 1. The number of pyridine rings is 1. The number of carbonyl (C=O) groups is 1. The number of carboxylic acid groups (broad SMARTS) is 1. The highest BCUT2D eigenvalue weighted by Crippen LogP contribution is 2.31. The van der Waals surface area contributed by atoms with Gasteiger partial charge in [0.05, 0.1) is 18.0 Å². The van der Waals surface area contributed by atoms with Crippen LogP contribution in [0.4, 0.5) is 5.82 Å². The summed E-state index contributed by atoms with van der Waals surface area (Å²) < 4.78 is 13.2. The molecule has 30 heavy (non-hydrogen) atoms. The van der Waals surface area contributed by atoms with Crippen LogP contribution in [-0.4, -0.2) is 26.7 Å². The number of imidazole rings is 1. The predicted octanol–water partition coefficient (Wildman–Crippen LogP) is 5.30. The third kappa shape index (κ3) is 3.18. The topological polar surface area (TPSA) is 93.2 Å².